The second-order valence-electron chi connectivity index (χ2n) is 5.45. The third-order valence-corrected chi connectivity index (χ3v) is 4.84. The molecule has 1 saturated heterocycles. The van der Waals surface area contributed by atoms with E-state index in [-0.39, 0.29) is 11.7 Å². The fourth-order valence-corrected chi connectivity index (χ4v) is 3.68. The van der Waals surface area contributed by atoms with Crippen molar-refractivity contribution in [1.29, 1.82) is 0 Å². The van der Waals surface area contributed by atoms with Crippen LogP contribution in [0.15, 0.2) is 18.2 Å². The van der Waals surface area contributed by atoms with Gasteiger partial charge in [-0.1, -0.05) is 13.0 Å². The van der Waals surface area contributed by atoms with Gasteiger partial charge in [0.15, 0.2) is 0 Å². The molecule has 3 nitrogen and oxygen atoms in total. The van der Waals surface area contributed by atoms with Crippen LogP contribution >= 0.6 is 11.8 Å². The summed E-state index contributed by atoms with van der Waals surface area (Å²) in [6, 6.07) is 2.85. The molecule has 1 atom stereocenters. The maximum Gasteiger partial charge on any atom is 0.419 e. The average Bonchev–Trinajstić information content (AvgIpc) is 2.87. The lowest BCUT2D eigenvalue weighted by Gasteiger charge is -2.24. The summed E-state index contributed by atoms with van der Waals surface area (Å²) in [7, 11) is 0. The van der Waals surface area contributed by atoms with Crippen LogP contribution in [-0.4, -0.2) is 36.3 Å². The van der Waals surface area contributed by atoms with Crippen molar-refractivity contribution in [3.8, 4) is 0 Å². The van der Waals surface area contributed by atoms with E-state index >= 15 is 0 Å². The van der Waals surface area contributed by atoms with Gasteiger partial charge in [0, 0.05) is 19.8 Å². The Morgan fingerprint density at radius 2 is 2.08 bits per heavy atom. The number of carbonyl (C=O) groups is 1. The standard InChI is InChI=1S/C16H19F4NO2S/c1-2-7-23-8-3-6-21-14(22)10-24-15(21)11-4-5-12(13(17)9-11)16(18,19)20/h4-5,9,15H,2-3,6-8,10H2,1H3. The summed E-state index contributed by atoms with van der Waals surface area (Å²) in [5.41, 5.74) is -0.925. The van der Waals surface area contributed by atoms with Crippen molar-refractivity contribution in [1.82, 2.24) is 4.90 Å². The Labute approximate surface area is 142 Å². The second kappa shape index (κ2) is 8.20. The van der Waals surface area contributed by atoms with Crippen LogP contribution in [-0.2, 0) is 15.7 Å². The highest BCUT2D eigenvalue weighted by molar-refractivity contribution is 8.00. The van der Waals surface area contributed by atoms with Crippen LogP contribution in [0.3, 0.4) is 0 Å². The van der Waals surface area contributed by atoms with Gasteiger partial charge in [0.05, 0.1) is 11.3 Å². The van der Waals surface area contributed by atoms with Crippen LogP contribution in [0.5, 0.6) is 0 Å². The van der Waals surface area contributed by atoms with Crippen LogP contribution in [0, 0.1) is 5.82 Å². The van der Waals surface area contributed by atoms with Crippen LogP contribution in [0.2, 0.25) is 0 Å². The molecule has 1 heterocycles. The Bertz CT molecular complexity index is 580. The molecule has 0 aromatic heterocycles. The van der Waals surface area contributed by atoms with E-state index in [0.29, 0.717) is 31.7 Å². The van der Waals surface area contributed by atoms with Gasteiger partial charge in [-0.3, -0.25) is 4.79 Å². The van der Waals surface area contributed by atoms with Gasteiger partial charge in [-0.15, -0.1) is 11.8 Å². The highest BCUT2D eigenvalue weighted by Crippen LogP contribution is 2.40. The van der Waals surface area contributed by atoms with E-state index in [1.165, 1.54) is 17.8 Å². The maximum atomic E-state index is 13.8. The van der Waals surface area contributed by atoms with Crippen molar-refractivity contribution in [3.63, 3.8) is 0 Å². The molecule has 2 rings (SSSR count). The van der Waals surface area contributed by atoms with Crippen LogP contribution in [0.1, 0.15) is 36.3 Å². The molecule has 24 heavy (non-hydrogen) atoms. The Balaban J connectivity index is 2.06. The number of rotatable bonds is 7. The van der Waals surface area contributed by atoms with Gasteiger partial charge >= 0.3 is 6.18 Å². The first kappa shape index (κ1) is 19.1. The summed E-state index contributed by atoms with van der Waals surface area (Å²) in [6.07, 6.45) is -3.19. The Morgan fingerprint density at radius 1 is 1.33 bits per heavy atom. The summed E-state index contributed by atoms with van der Waals surface area (Å²) < 4.78 is 57.0. The van der Waals surface area contributed by atoms with Gasteiger partial charge in [0.2, 0.25) is 5.91 Å². The van der Waals surface area contributed by atoms with Crippen LogP contribution < -0.4 is 0 Å². The third-order valence-electron chi connectivity index (χ3n) is 3.59. The molecule has 1 aliphatic heterocycles. The van der Waals surface area contributed by atoms with Gasteiger partial charge < -0.3 is 9.64 Å². The smallest absolute Gasteiger partial charge is 0.381 e. The van der Waals surface area contributed by atoms with E-state index in [1.807, 2.05) is 6.92 Å². The minimum absolute atomic E-state index is 0.0965. The zero-order chi connectivity index (χ0) is 17.7. The first-order chi connectivity index (χ1) is 11.3. The summed E-state index contributed by atoms with van der Waals surface area (Å²) in [5, 5.41) is -0.458. The molecular weight excluding hydrogens is 346 g/mol. The topological polar surface area (TPSA) is 29.5 Å². The molecular formula is C16H19F4NO2S. The van der Waals surface area contributed by atoms with Crippen molar-refractivity contribution in [2.45, 2.75) is 31.3 Å². The number of alkyl halides is 3. The quantitative estimate of drug-likeness (QED) is 0.535. The molecule has 1 aromatic carbocycles. The SMILES string of the molecule is CCCOCCCN1C(=O)CSC1c1ccc(C(F)(F)F)c(F)c1. The lowest BCUT2D eigenvalue weighted by atomic mass is 10.1. The number of benzene rings is 1. The normalized spacial score (nSPS) is 18.5. The number of carbonyl (C=O) groups excluding carboxylic acids is 1. The van der Waals surface area contributed by atoms with Gasteiger partial charge in [-0.25, -0.2) is 4.39 Å². The molecule has 0 bridgehead atoms. The second-order valence-corrected chi connectivity index (χ2v) is 6.52. The average molecular weight is 365 g/mol. The fraction of sp³-hybridized carbons (Fsp3) is 0.562. The highest BCUT2D eigenvalue weighted by Gasteiger charge is 2.36. The number of thioether (sulfide) groups is 1. The van der Waals surface area contributed by atoms with E-state index in [0.717, 1.165) is 18.6 Å². The lowest BCUT2D eigenvalue weighted by Crippen LogP contribution is -2.30. The maximum absolute atomic E-state index is 13.8. The number of ether oxygens (including phenoxy) is 1. The molecule has 0 spiro atoms. The van der Waals surface area contributed by atoms with Crippen LogP contribution in [0.25, 0.3) is 0 Å². The number of hydrogen-bond acceptors (Lipinski definition) is 3. The monoisotopic (exact) mass is 365 g/mol. The molecule has 134 valence electrons. The lowest BCUT2D eigenvalue weighted by molar-refractivity contribution is -0.140. The van der Waals surface area contributed by atoms with E-state index < -0.39 is 22.9 Å². The minimum Gasteiger partial charge on any atom is -0.381 e. The van der Waals surface area contributed by atoms with Crippen molar-refractivity contribution >= 4 is 17.7 Å². The number of nitrogens with zero attached hydrogens (tertiary/aromatic N) is 1. The van der Waals surface area contributed by atoms with Crippen molar-refractivity contribution in [2.24, 2.45) is 0 Å². The summed E-state index contributed by atoms with van der Waals surface area (Å²) in [5.74, 6) is -1.17. The van der Waals surface area contributed by atoms with Crippen molar-refractivity contribution in [3.05, 3.63) is 35.1 Å². The zero-order valence-corrected chi connectivity index (χ0v) is 14.1. The summed E-state index contributed by atoms with van der Waals surface area (Å²) in [4.78, 5) is 13.6. The highest BCUT2D eigenvalue weighted by atomic mass is 32.2. The third kappa shape index (κ3) is 4.63. The van der Waals surface area contributed by atoms with Gasteiger partial charge in [-0.2, -0.15) is 13.2 Å². The molecule has 1 aromatic rings. The van der Waals surface area contributed by atoms with E-state index in [1.54, 1.807) is 4.90 Å². The van der Waals surface area contributed by atoms with Crippen molar-refractivity contribution < 1.29 is 27.1 Å². The Kier molecular flexibility index (Phi) is 6.51. The van der Waals surface area contributed by atoms with Gasteiger partial charge in [0.1, 0.15) is 11.2 Å². The first-order valence-corrected chi connectivity index (χ1v) is 8.75. The Hall–Kier alpha value is -1.28. The molecule has 1 aliphatic rings. The van der Waals surface area contributed by atoms with Gasteiger partial charge in [-0.05, 0) is 30.5 Å². The van der Waals surface area contributed by atoms with Crippen LogP contribution in [0.4, 0.5) is 17.6 Å². The zero-order valence-electron chi connectivity index (χ0n) is 13.2. The van der Waals surface area contributed by atoms with E-state index in [9.17, 15) is 22.4 Å². The minimum atomic E-state index is -4.72. The molecule has 0 N–H and O–H groups in total. The number of hydrogen-bond donors (Lipinski definition) is 0. The molecule has 1 fully saturated rings. The number of amides is 1. The molecule has 0 aliphatic carbocycles. The first-order valence-electron chi connectivity index (χ1n) is 7.70. The largest absolute Gasteiger partial charge is 0.419 e. The number of halogens is 4. The molecule has 8 heteroatoms. The predicted molar refractivity (Wildman–Crippen MR) is 84.0 cm³/mol. The summed E-state index contributed by atoms with van der Waals surface area (Å²) in [6.45, 7) is 3.59. The molecule has 1 amide bonds. The van der Waals surface area contributed by atoms with E-state index in [2.05, 4.69) is 0 Å². The van der Waals surface area contributed by atoms with Crippen molar-refractivity contribution in [2.75, 3.05) is 25.5 Å². The van der Waals surface area contributed by atoms with E-state index in [4.69, 9.17) is 4.74 Å². The Morgan fingerprint density at radius 3 is 2.71 bits per heavy atom. The van der Waals surface area contributed by atoms with Gasteiger partial charge in [0.25, 0.3) is 0 Å². The molecule has 1 unspecified atom stereocenters. The predicted octanol–water partition coefficient (Wildman–Crippen LogP) is 4.24. The molecule has 0 saturated carbocycles. The fourth-order valence-electron chi connectivity index (χ4n) is 2.47. The summed E-state index contributed by atoms with van der Waals surface area (Å²) >= 11 is 1.29. The molecule has 0 radical (unpaired) electrons.